The molecule has 1 rings (SSSR count). The minimum Gasteiger partial charge on any atom is -0.387 e. The summed E-state index contributed by atoms with van der Waals surface area (Å²) in [6.07, 6.45) is 2.11. The van der Waals surface area contributed by atoms with Gasteiger partial charge < -0.3 is 10.0 Å². The largest absolute Gasteiger partial charge is 0.387 e. The fourth-order valence-corrected chi connectivity index (χ4v) is 1.27. The van der Waals surface area contributed by atoms with Gasteiger partial charge in [-0.15, -0.1) is 0 Å². The summed E-state index contributed by atoms with van der Waals surface area (Å²) < 4.78 is 0. The van der Waals surface area contributed by atoms with Gasteiger partial charge in [-0.05, 0) is 19.8 Å². The van der Waals surface area contributed by atoms with Gasteiger partial charge in [-0.1, -0.05) is 6.58 Å². The topological polar surface area (TPSA) is 23.5 Å². The van der Waals surface area contributed by atoms with Gasteiger partial charge in [0.15, 0.2) is 0 Å². The minimum absolute atomic E-state index is 0.377. The van der Waals surface area contributed by atoms with Gasteiger partial charge in [0, 0.05) is 18.8 Å². The van der Waals surface area contributed by atoms with E-state index in [0.717, 1.165) is 18.8 Å². The highest BCUT2D eigenvalue weighted by Gasteiger charge is 2.15. The van der Waals surface area contributed by atoms with Crippen LogP contribution in [0.4, 0.5) is 0 Å². The average molecular weight is 141 g/mol. The molecule has 1 unspecified atom stereocenters. The molecule has 0 aromatic carbocycles. The van der Waals surface area contributed by atoms with Gasteiger partial charge in [0.05, 0.1) is 6.10 Å². The lowest BCUT2D eigenvalue weighted by molar-refractivity contribution is 0.190. The molecule has 0 spiro atoms. The second-order valence-corrected chi connectivity index (χ2v) is 2.86. The third-order valence-corrected chi connectivity index (χ3v) is 1.99. The van der Waals surface area contributed by atoms with Crippen molar-refractivity contribution < 1.29 is 5.11 Å². The quantitative estimate of drug-likeness (QED) is 0.619. The molecule has 1 aliphatic heterocycles. The molecule has 0 bridgehead atoms. The van der Waals surface area contributed by atoms with Gasteiger partial charge in [0.2, 0.25) is 0 Å². The van der Waals surface area contributed by atoms with Crippen molar-refractivity contribution in [2.75, 3.05) is 13.1 Å². The maximum atomic E-state index is 9.14. The predicted octanol–water partition coefficient (Wildman–Crippen LogP) is 0.977. The smallest absolute Gasteiger partial charge is 0.0902 e. The first kappa shape index (κ1) is 7.61. The molecule has 0 aromatic heterocycles. The van der Waals surface area contributed by atoms with E-state index in [1.165, 1.54) is 12.8 Å². The first-order valence-corrected chi connectivity index (χ1v) is 3.83. The summed E-state index contributed by atoms with van der Waals surface area (Å²) in [6, 6.07) is 0. The lowest BCUT2D eigenvalue weighted by Gasteiger charge is -2.21. The van der Waals surface area contributed by atoms with Crippen LogP contribution in [0.2, 0.25) is 0 Å². The van der Waals surface area contributed by atoms with E-state index < -0.39 is 0 Å². The van der Waals surface area contributed by atoms with Crippen molar-refractivity contribution in [2.45, 2.75) is 25.9 Å². The predicted molar refractivity (Wildman–Crippen MR) is 41.6 cm³/mol. The zero-order valence-corrected chi connectivity index (χ0v) is 6.51. The van der Waals surface area contributed by atoms with Crippen molar-refractivity contribution in [2.24, 2.45) is 0 Å². The highest BCUT2D eigenvalue weighted by atomic mass is 16.3. The summed E-state index contributed by atoms with van der Waals surface area (Å²) in [4.78, 5) is 2.16. The normalized spacial score (nSPS) is 21.2. The standard InChI is InChI=1S/C8H15NO/c1-7(8(2)10)9-5-3-4-6-9/h8,10H,1,3-6H2,2H3. The molecule has 0 aromatic rings. The maximum Gasteiger partial charge on any atom is 0.0902 e. The molecule has 0 saturated carbocycles. The summed E-state index contributed by atoms with van der Waals surface area (Å²) >= 11 is 0. The van der Waals surface area contributed by atoms with E-state index in [9.17, 15) is 0 Å². The van der Waals surface area contributed by atoms with Crippen LogP contribution in [0.3, 0.4) is 0 Å². The second-order valence-electron chi connectivity index (χ2n) is 2.86. The first-order chi connectivity index (χ1) is 4.72. The van der Waals surface area contributed by atoms with Gasteiger partial charge in [-0.2, -0.15) is 0 Å². The van der Waals surface area contributed by atoms with Crippen molar-refractivity contribution in [1.82, 2.24) is 4.90 Å². The minimum atomic E-state index is -0.377. The first-order valence-electron chi connectivity index (χ1n) is 3.83. The second kappa shape index (κ2) is 3.06. The molecule has 2 heteroatoms. The van der Waals surface area contributed by atoms with Gasteiger partial charge >= 0.3 is 0 Å². The monoisotopic (exact) mass is 141 g/mol. The molecule has 1 fully saturated rings. The molecule has 1 aliphatic rings. The number of aliphatic hydroxyl groups excluding tert-OH is 1. The summed E-state index contributed by atoms with van der Waals surface area (Å²) in [5.74, 6) is 0. The fourth-order valence-electron chi connectivity index (χ4n) is 1.27. The molecular weight excluding hydrogens is 126 g/mol. The van der Waals surface area contributed by atoms with Crippen LogP contribution >= 0.6 is 0 Å². The number of nitrogens with zero attached hydrogens (tertiary/aromatic N) is 1. The Morgan fingerprint density at radius 2 is 2.00 bits per heavy atom. The van der Waals surface area contributed by atoms with Crippen molar-refractivity contribution in [3.63, 3.8) is 0 Å². The van der Waals surface area contributed by atoms with Gasteiger partial charge in [-0.25, -0.2) is 0 Å². The Hall–Kier alpha value is -0.500. The number of likely N-dealkylation sites (tertiary alicyclic amines) is 1. The van der Waals surface area contributed by atoms with E-state index in [1.54, 1.807) is 6.92 Å². The van der Waals surface area contributed by atoms with E-state index in [2.05, 4.69) is 11.5 Å². The van der Waals surface area contributed by atoms with Crippen LogP contribution < -0.4 is 0 Å². The van der Waals surface area contributed by atoms with Crippen LogP contribution in [0.1, 0.15) is 19.8 Å². The molecule has 1 N–H and O–H groups in total. The molecule has 2 nitrogen and oxygen atoms in total. The SMILES string of the molecule is C=C(C(C)O)N1CCCC1. The van der Waals surface area contributed by atoms with E-state index in [4.69, 9.17) is 5.11 Å². The van der Waals surface area contributed by atoms with E-state index >= 15 is 0 Å². The highest BCUT2D eigenvalue weighted by Crippen LogP contribution is 2.15. The third kappa shape index (κ3) is 1.51. The zero-order chi connectivity index (χ0) is 7.56. The van der Waals surface area contributed by atoms with E-state index in [-0.39, 0.29) is 6.10 Å². The Morgan fingerprint density at radius 3 is 2.40 bits per heavy atom. The lowest BCUT2D eigenvalue weighted by Crippen LogP contribution is -2.24. The van der Waals surface area contributed by atoms with E-state index in [0.29, 0.717) is 0 Å². The van der Waals surface area contributed by atoms with Gasteiger partial charge in [0.25, 0.3) is 0 Å². The van der Waals surface area contributed by atoms with Gasteiger partial charge in [0.1, 0.15) is 0 Å². The number of rotatable bonds is 2. The lowest BCUT2D eigenvalue weighted by atomic mass is 10.3. The molecule has 0 aliphatic carbocycles. The van der Waals surface area contributed by atoms with Crippen molar-refractivity contribution in [1.29, 1.82) is 0 Å². The highest BCUT2D eigenvalue weighted by molar-refractivity contribution is 5.00. The molecule has 1 heterocycles. The molecule has 0 radical (unpaired) electrons. The summed E-state index contributed by atoms with van der Waals surface area (Å²) in [5, 5.41) is 9.14. The Bertz CT molecular complexity index is 125. The summed E-state index contributed by atoms with van der Waals surface area (Å²) in [6.45, 7) is 7.72. The third-order valence-electron chi connectivity index (χ3n) is 1.99. The average Bonchev–Trinajstić information content (AvgIpc) is 2.36. The molecule has 58 valence electrons. The number of hydrogen-bond donors (Lipinski definition) is 1. The van der Waals surface area contributed by atoms with Crippen LogP contribution in [0.25, 0.3) is 0 Å². The Balaban J connectivity index is 2.40. The Morgan fingerprint density at radius 1 is 1.50 bits per heavy atom. The van der Waals surface area contributed by atoms with Crippen LogP contribution in [-0.2, 0) is 0 Å². The van der Waals surface area contributed by atoms with Crippen molar-refractivity contribution in [3.05, 3.63) is 12.3 Å². The van der Waals surface area contributed by atoms with Crippen molar-refractivity contribution >= 4 is 0 Å². The molecule has 10 heavy (non-hydrogen) atoms. The van der Waals surface area contributed by atoms with Crippen LogP contribution in [0.15, 0.2) is 12.3 Å². The molecular formula is C8H15NO. The Kier molecular flexibility index (Phi) is 2.33. The summed E-state index contributed by atoms with van der Waals surface area (Å²) in [7, 11) is 0. The molecule has 1 saturated heterocycles. The fraction of sp³-hybridized carbons (Fsp3) is 0.750. The van der Waals surface area contributed by atoms with E-state index in [1.807, 2.05) is 0 Å². The Labute approximate surface area is 62.2 Å². The number of aliphatic hydroxyl groups is 1. The summed E-state index contributed by atoms with van der Waals surface area (Å²) in [5.41, 5.74) is 0.873. The van der Waals surface area contributed by atoms with Crippen LogP contribution in [0.5, 0.6) is 0 Å². The van der Waals surface area contributed by atoms with Crippen LogP contribution in [0, 0.1) is 0 Å². The zero-order valence-electron chi connectivity index (χ0n) is 6.51. The van der Waals surface area contributed by atoms with Gasteiger partial charge in [-0.3, -0.25) is 0 Å². The van der Waals surface area contributed by atoms with Crippen LogP contribution in [-0.4, -0.2) is 29.2 Å². The maximum absolute atomic E-state index is 9.14. The number of hydrogen-bond acceptors (Lipinski definition) is 2. The van der Waals surface area contributed by atoms with Crippen molar-refractivity contribution in [3.8, 4) is 0 Å². The molecule has 1 atom stereocenters. The molecule has 0 amide bonds.